The smallest absolute Gasteiger partial charge is 0.328 e. The maximum Gasteiger partial charge on any atom is 0.328 e. The van der Waals surface area contributed by atoms with Gasteiger partial charge in [-0.05, 0) is 36.4 Å². The van der Waals surface area contributed by atoms with Gasteiger partial charge in [0.25, 0.3) is 5.91 Å². The molecule has 0 fully saturated rings. The Morgan fingerprint density at radius 2 is 1.74 bits per heavy atom. The minimum Gasteiger partial charge on any atom is -0.478 e. The van der Waals surface area contributed by atoms with Crippen LogP contribution in [-0.4, -0.2) is 40.4 Å². The van der Waals surface area contributed by atoms with E-state index in [4.69, 9.17) is 5.11 Å². The second-order valence-electron chi connectivity index (χ2n) is 6.29. The number of benzene rings is 2. The second kappa shape index (κ2) is 10.2. The Bertz CT molecular complexity index is 1050. The van der Waals surface area contributed by atoms with Crippen molar-refractivity contribution in [2.24, 2.45) is 5.10 Å². The number of carbonyl (C=O) groups is 4. The number of hydrazone groups is 1. The maximum absolute atomic E-state index is 12.2. The quantitative estimate of drug-likeness (QED) is 0.449. The third-order valence-electron chi connectivity index (χ3n) is 3.93. The zero-order valence-electron chi connectivity index (χ0n) is 16.1. The molecule has 1 aliphatic heterocycles. The molecular weight excluding hydrogens is 420 g/mol. The highest BCUT2D eigenvalue weighted by Crippen LogP contribution is 2.21. The normalized spacial score (nSPS) is 13.2. The Morgan fingerprint density at radius 1 is 1.03 bits per heavy atom. The second-order valence-corrected chi connectivity index (χ2v) is 7.34. The molecule has 0 saturated heterocycles. The summed E-state index contributed by atoms with van der Waals surface area (Å²) in [6.45, 7) is 0. The maximum atomic E-state index is 12.2. The average molecular weight is 438 g/mol. The first-order valence-corrected chi connectivity index (χ1v) is 10.1. The van der Waals surface area contributed by atoms with Crippen LogP contribution in [0.3, 0.4) is 0 Å². The van der Waals surface area contributed by atoms with Gasteiger partial charge < -0.3 is 15.7 Å². The highest BCUT2D eigenvalue weighted by molar-refractivity contribution is 8.00. The summed E-state index contributed by atoms with van der Waals surface area (Å²) in [5.74, 6) is -1.86. The number of carboxylic acid groups (broad SMARTS) is 1. The number of carbonyl (C=O) groups excluding carboxylic acids is 3. The van der Waals surface area contributed by atoms with Crippen LogP contribution >= 0.6 is 11.8 Å². The van der Waals surface area contributed by atoms with Gasteiger partial charge >= 0.3 is 5.97 Å². The first-order chi connectivity index (χ1) is 14.9. The molecule has 2 aromatic carbocycles. The lowest BCUT2D eigenvalue weighted by atomic mass is 10.3. The van der Waals surface area contributed by atoms with Gasteiger partial charge in [-0.1, -0.05) is 18.2 Å². The fourth-order valence-electron chi connectivity index (χ4n) is 2.58. The number of amides is 3. The summed E-state index contributed by atoms with van der Waals surface area (Å²) in [5, 5.41) is 19.1. The van der Waals surface area contributed by atoms with E-state index in [1.54, 1.807) is 48.5 Å². The first-order valence-electron chi connectivity index (χ1n) is 9.11. The van der Waals surface area contributed by atoms with Crippen LogP contribution in [-0.2, 0) is 19.2 Å². The van der Waals surface area contributed by atoms with E-state index in [9.17, 15) is 19.2 Å². The van der Waals surface area contributed by atoms with E-state index in [1.165, 1.54) is 16.8 Å². The number of nitrogens with one attached hydrogen (secondary N) is 2. The van der Waals surface area contributed by atoms with Gasteiger partial charge in [-0.3, -0.25) is 14.4 Å². The fraction of sp³-hybridized carbons (Fsp3) is 0.0952. The Balaban J connectivity index is 1.48. The number of nitrogens with zero attached hydrogens (tertiary/aromatic N) is 2. The van der Waals surface area contributed by atoms with Crippen molar-refractivity contribution < 1.29 is 24.3 Å². The Morgan fingerprint density at radius 3 is 2.42 bits per heavy atom. The zero-order chi connectivity index (χ0) is 22.2. The van der Waals surface area contributed by atoms with Crippen molar-refractivity contribution >= 4 is 52.7 Å². The highest BCUT2D eigenvalue weighted by Gasteiger charge is 2.26. The predicted octanol–water partition coefficient (Wildman–Crippen LogP) is 2.22. The van der Waals surface area contributed by atoms with Gasteiger partial charge in [0.05, 0.1) is 17.9 Å². The molecule has 0 spiro atoms. The Labute approximate surface area is 181 Å². The van der Waals surface area contributed by atoms with E-state index in [1.807, 2.05) is 6.07 Å². The van der Waals surface area contributed by atoms with Crippen molar-refractivity contribution in [3.63, 3.8) is 0 Å². The summed E-state index contributed by atoms with van der Waals surface area (Å²) in [6, 6.07) is 15.7. The molecule has 3 amide bonds. The number of hydrogen-bond acceptors (Lipinski definition) is 6. The molecule has 1 heterocycles. The average Bonchev–Trinajstić information content (AvgIpc) is 3.12. The molecule has 0 unspecified atom stereocenters. The van der Waals surface area contributed by atoms with Crippen molar-refractivity contribution in [1.82, 2.24) is 5.32 Å². The minimum atomic E-state index is -1.21. The van der Waals surface area contributed by atoms with Crippen LogP contribution in [0.15, 0.2) is 76.7 Å². The standard InChI is InChI=1S/C21H18N4O5S/c26-18(10-11-21(29)30)22-14-6-8-16(9-7-14)31-13-19(27)23-17-12-20(28)25(24-17)15-4-2-1-3-5-15/h1-11H,12-13H2,(H,22,26)(H,29,30)(H,23,24,27)/b11-10+. The van der Waals surface area contributed by atoms with Crippen LogP contribution in [0.4, 0.5) is 11.4 Å². The number of aliphatic carboxylic acids is 1. The molecule has 3 rings (SSSR count). The summed E-state index contributed by atoms with van der Waals surface area (Å²) in [7, 11) is 0. The monoisotopic (exact) mass is 438 g/mol. The number of hydrogen-bond donors (Lipinski definition) is 3. The van der Waals surface area contributed by atoms with Crippen molar-refractivity contribution in [2.75, 3.05) is 16.1 Å². The van der Waals surface area contributed by atoms with E-state index in [0.29, 0.717) is 17.2 Å². The minimum absolute atomic E-state index is 0.0238. The molecule has 1 aliphatic rings. The van der Waals surface area contributed by atoms with Crippen molar-refractivity contribution in [3.8, 4) is 0 Å². The molecule has 10 heteroatoms. The SMILES string of the molecule is O=C(O)/C=C/C(=O)Nc1ccc(SCC(=O)NC2=NN(c3ccccc3)C(=O)C2)cc1. The molecule has 2 aromatic rings. The molecule has 0 aromatic heterocycles. The zero-order valence-corrected chi connectivity index (χ0v) is 17.0. The van der Waals surface area contributed by atoms with Crippen molar-refractivity contribution in [2.45, 2.75) is 11.3 Å². The Hall–Kier alpha value is -3.92. The van der Waals surface area contributed by atoms with E-state index < -0.39 is 11.9 Å². The van der Waals surface area contributed by atoms with Crippen LogP contribution in [0.5, 0.6) is 0 Å². The van der Waals surface area contributed by atoms with Crippen molar-refractivity contribution in [3.05, 3.63) is 66.7 Å². The van der Waals surface area contributed by atoms with Gasteiger partial charge in [0.15, 0.2) is 0 Å². The molecule has 0 atom stereocenters. The van der Waals surface area contributed by atoms with Gasteiger partial charge in [0, 0.05) is 22.7 Å². The molecule has 31 heavy (non-hydrogen) atoms. The van der Waals surface area contributed by atoms with E-state index in [0.717, 1.165) is 17.0 Å². The summed E-state index contributed by atoms with van der Waals surface area (Å²) < 4.78 is 0. The summed E-state index contributed by atoms with van der Waals surface area (Å²) in [6.07, 6.45) is 1.69. The van der Waals surface area contributed by atoms with Crippen LogP contribution in [0.1, 0.15) is 6.42 Å². The lowest BCUT2D eigenvalue weighted by molar-refractivity contribution is -0.131. The van der Waals surface area contributed by atoms with E-state index >= 15 is 0 Å². The van der Waals surface area contributed by atoms with Gasteiger partial charge in [-0.25, -0.2) is 4.79 Å². The summed E-state index contributed by atoms with van der Waals surface area (Å²) in [5.41, 5.74) is 1.13. The van der Waals surface area contributed by atoms with E-state index in [2.05, 4.69) is 15.7 Å². The molecule has 3 N–H and O–H groups in total. The first kappa shape index (κ1) is 21.8. The molecule has 0 bridgehead atoms. The number of rotatable bonds is 7. The summed E-state index contributed by atoms with van der Waals surface area (Å²) in [4.78, 5) is 47.1. The predicted molar refractivity (Wildman–Crippen MR) is 117 cm³/mol. The van der Waals surface area contributed by atoms with Crippen LogP contribution in [0.2, 0.25) is 0 Å². The highest BCUT2D eigenvalue weighted by atomic mass is 32.2. The molecule has 0 aliphatic carbocycles. The van der Waals surface area contributed by atoms with E-state index in [-0.39, 0.29) is 24.0 Å². The lowest BCUT2D eigenvalue weighted by Gasteiger charge is -2.10. The topological polar surface area (TPSA) is 128 Å². The number of thioether (sulfide) groups is 1. The Kier molecular flexibility index (Phi) is 7.17. The molecule has 0 radical (unpaired) electrons. The van der Waals surface area contributed by atoms with Crippen LogP contribution in [0, 0.1) is 0 Å². The summed E-state index contributed by atoms with van der Waals surface area (Å²) >= 11 is 1.28. The van der Waals surface area contributed by atoms with Gasteiger partial charge in [0.1, 0.15) is 5.84 Å². The number of carboxylic acids is 1. The number of anilines is 2. The van der Waals surface area contributed by atoms with Gasteiger partial charge in [-0.2, -0.15) is 10.1 Å². The van der Waals surface area contributed by atoms with Gasteiger partial charge in [-0.15, -0.1) is 11.8 Å². The number of para-hydroxylation sites is 1. The molecule has 158 valence electrons. The third kappa shape index (κ3) is 6.54. The molecular formula is C21H18N4O5S. The fourth-order valence-corrected chi connectivity index (χ4v) is 3.28. The third-order valence-corrected chi connectivity index (χ3v) is 4.94. The molecule has 0 saturated carbocycles. The lowest BCUT2D eigenvalue weighted by Crippen LogP contribution is -2.31. The van der Waals surface area contributed by atoms with Crippen LogP contribution in [0.25, 0.3) is 0 Å². The molecule has 9 nitrogen and oxygen atoms in total. The van der Waals surface area contributed by atoms with Crippen molar-refractivity contribution in [1.29, 1.82) is 0 Å². The largest absolute Gasteiger partial charge is 0.478 e. The van der Waals surface area contributed by atoms with Gasteiger partial charge in [0.2, 0.25) is 11.8 Å². The number of amidine groups is 1. The van der Waals surface area contributed by atoms with Crippen LogP contribution < -0.4 is 15.6 Å².